The second-order valence-electron chi connectivity index (χ2n) is 4.75. The average molecular weight is 327 g/mol. The molecule has 0 aliphatic carbocycles. The second kappa shape index (κ2) is 6.34. The highest BCUT2D eigenvalue weighted by Gasteiger charge is 2.32. The van der Waals surface area contributed by atoms with Gasteiger partial charge in [-0.1, -0.05) is 47.8 Å². The summed E-state index contributed by atoms with van der Waals surface area (Å²) in [5.41, 5.74) is 1.94. The first kappa shape index (κ1) is 14.8. The van der Waals surface area contributed by atoms with Crippen molar-refractivity contribution in [3.05, 3.63) is 71.0 Å². The van der Waals surface area contributed by atoms with Crippen LogP contribution in [-0.4, -0.2) is 10.2 Å². The Bertz CT molecular complexity index is 758. The third-order valence-electron chi connectivity index (χ3n) is 3.14. The van der Waals surface area contributed by atoms with Gasteiger partial charge in [-0.05, 0) is 43.3 Å². The number of nitrogens with zero attached hydrogens (tertiary/aromatic N) is 1. The topological polar surface area (TPSA) is 33.5 Å². The molecule has 1 aliphatic heterocycles. The summed E-state index contributed by atoms with van der Waals surface area (Å²) in [6.07, 6.45) is 6.96. The summed E-state index contributed by atoms with van der Waals surface area (Å²) in [6.45, 7) is 2.01. The van der Waals surface area contributed by atoms with Crippen LogP contribution in [0.3, 0.4) is 0 Å². The van der Waals surface area contributed by atoms with Crippen molar-refractivity contribution in [2.45, 2.75) is 6.92 Å². The van der Waals surface area contributed by atoms with Crippen molar-refractivity contribution in [2.75, 3.05) is 4.90 Å². The van der Waals surface area contributed by atoms with Gasteiger partial charge in [0, 0.05) is 0 Å². The third-order valence-corrected chi connectivity index (χ3v) is 4.46. The minimum absolute atomic E-state index is 0.0945. The number of benzene rings is 1. The summed E-state index contributed by atoms with van der Waals surface area (Å²) in [7, 11) is 0. The number of thioether (sulfide) groups is 1. The standard InChI is InChI=1S/C17H13NO2S2/c1-12-7-9-13(10-8-12)18-16(19)15(22-17(18)21)6-2-4-14-5-3-11-20-14/h2-11H,1H3. The first-order valence-electron chi connectivity index (χ1n) is 6.70. The fourth-order valence-corrected chi connectivity index (χ4v) is 3.27. The van der Waals surface area contributed by atoms with E-state index in [-0.39, 0.29) is 5.91 Å². The number of hydrogen-bond donors (Lipinski definition) is 0. The zero-order valence-corrected chi connectivity index (χ0v) is 13.5. The Morgan fingerprint density at radius 3 is 2.68 bits per heavy atom. The summed E-state index contributed by atoms with van der Waals surface area (Å²) >= 11 is 6.63. The van der Waals surface area contributed by atoms with E-state index >= 15 is 0 Å². The predicted molar refractivity (Wildman–Crippen MR) is 94.7 cm³/mol. The van der Waals surface area contributed by atoms with Crippen LogP contribution in [-0.2, 0) is 4.79 Å². The van der Waals surface area contributed by atoms with Gasteiger partial charge in [-0.3, -0.25) is 9.69 Å². The van der Waals surface area contributed by atoms with Crippen molar-refractivity contribution in [2.24, 2.45) is 0 Å². The number of allylic oxidation sites excluding steroid dienone is 2. The Labute approximate surface area is 138 Å². The van der Waals surface area contributed by atoms with Gasteiger partial charge < -0.3 is 4.42 Å². The van der Waals surface area contributed by atoms with Crippen LogP contribution in [0.25, 0.3) is 6.08 Å². The van der Waals surface area contributed by atoms with Gasteiger partial charge in [0.25, 0.3) is 5.91 Å². The van der Waals surface area contributed by atoms with Gasteiger partial charge in [0.05, 0.1) is 16.9 Å². The minimum atomic E-state index is -0.0945. The molecule has 0 bridgehead atoms. The largest absolute Gasteiger partial charge is 0.465 e. The number of aryl methyl sites for hydroxylation is 1. The molecule has 3 rings (SSSR count). The smallest absolute Gasteiger partial charge is 0.270 e. The maximum Gasteiger partial charge on any atom is 0.270 e. The number of anilines is 1. The lowest BCUT2D eigenvalue weighted by atomic mass is 10.2. The van der Waals surface area contributed by atoms with E-state index in [2.05, 4.69) is 0 Å². The van der Waals surface area contributed by atoms with Gasteiger partial charge in [-0.25, -0.2) is 0 Å². The summed E-state index contributed by atoms with van der Waals surface area (Å²) in [6, 6.07) is 11.4. The van der Waals surface area contributed by atoms with E-state index in [0.717, 1.165) is 17.0 Å². The van der Waals surface area contributed by atoms with Crippen LogP contribution in [0.5, 0.6) is 0 Å². The Morgan fingerprint density at radius 2 is 2.00 bits per heavy atom. The molecule has 0 saturated carbocycles. The molecule has 2 aromatic rings. The minimum Gasteiger partial charge on any atom is -0.465 e. The quantitative estimate of drug-likeness (QED) is 0.612. The van der Waals surface area contributed by atoms with E-state index in [1.807, 2.05) is 43.3 Å². The van der Waals surface area contributed by atoms with E-state index in [1.165, 1.54) is 11.8 Å². The second-order valence-corrected chi connectivity index (χ2v) is 6.43. The number of carbonyl (C=O) groups excluding carboxylic acids is 1. The molecule has 1 saturated heterocycles. The maximum absolute atomic E-state index is 12.5. The van der Waals surface area contributed by atoms with Gasteiger partial charge in [0.15, 0.2) is 4.32 Å². The molecule has 0 radical (unpaired) electrons. The first-order chi connectivity index (χ1) is 10.6. The Kier molecular flexibility index (Phi) is 4.27. The fourth-order valence-electron chi connectivity index (χ4n) is 2.01. The van der Waals surface area contributed by atoms with Crippen molar-refractivity contribution in [1.82, 2.24) is 0 Å². The molecule has 110 valence electrons. The number of amides is 1. The third kappa shape index (κ3) is 3.05. The normalized spacial score (nSPS) is 17.1. The SMILES string of the molecule is Cc1ccc(N2C(=O)C(=CC=Cc3ccco3)SC2=S)cc1. The number of furan rings is 1. The number of hydrogen-bond acceptors (Lipinski definition) is 4. The van der Waals surface area contributed by atoms with E-state index in [4.69, 9.17) is 16.6 Å². The van der Waals surface area contributed by atoms with E-state index in [0.29, 0.717) is 9.23 Å². The van der Waals surface area contributed by atoms with E-state index in [1.54, 1.807) is 29.4 Å². The fraction of sp³-hybridized carbons (Fsp3) is 0.0588. The lowest BCUT2D eigenvalue weighted by Gasteiger charge is -2.14. The molecule has 3 nitrogen and oxygen atoms in total. The van der Waals surface area contributed by atoms with Crippen molar-refractivity contribution in [1.29, 1.82) is 0 Å². The zero-order valence-electron chi connectivity index (χ0n) is 11.9. The molecule has 5 heteroatoms. The summed E-state index contributed by atoms with van der Waals surface area (Å²) in [5.74, 6) is 0.646. The van der Waals surface area contributed by atoms with Crippen molar-refractivity contribution >= 4 is 46.0 Å². The van der Waals surface area contributed by atoms with Crippen molar-refractivity contribution < 1.29 is 9.21 Å². The van der Waals surface area contributed by atoms with Crippen LogP contribution in [0.2, 0.25) is 0 Å². The van der Waals surface area contributed by atoms with Gasteiger partial charge in [-0.2, -0.15) is 0 Å². The van der Waals surface area contributed by atoms with Crippen LogP contribution in [0.1, 0.15) is 11.3 Å². The molecule has 1 fully saturated rings. The molecule has 1 aromatic carbocycles. The van der Waals surface area contributed by atoms with E-state index in [9.17, 15) is 4.79 Å². The van der Waals surface area contributed by atoms with Crippen LogP contribution < -0.4 is 4.90 Å². The zero-order chi connectivity index (χ0) is 15.5. The number of carbonyl (C=O) groups is 1. The Hall–Kier alpha value is -2.11. The first-order valence-corrected chi connectivity index (χ1v) is 7.92. The molecular formula is C17H13NO2S2. The van der Waals surface area contributed by atoms with Gasteiger partial charge in [0.1, 0.15) is 5.76 Å². The highest BCUT2D eigenvalue weighted by Crippen LogP contribution is 2.34. The van der Waals surface area contributed by atoms with E-state index < -0.39 is 0 Å². The number of thiocarbonyl (C=S) groups is 1. The van der Waals surface area contributed by atoms with Crippen LogP contribution in [0, 0.1) is 6.92 Å². The molecular weight excluding hydrogens is 314 g/mol. The molecule has 2 heterocycles. The molecule has 0 spiro atoms. The van der Waals surface area contributed by atoms with Crippen molar-refractivity contribution in [3.8, 4) is 0 Å². The summed E-state index contributed by atoms with van der Waals surface area (Å²) < 4.78 is 5.75. The monoisotopic (exact) mass is 327 g/mol. The molecule has 0 unspecified atom stereocenters. The maximum atomic E-state index is 12.5. The highest BCUT2D eigenvalue weighted by molar-refractivity contribution is 8.27. The summed E-state index contributed by atoms with van der Waals surface area (Å²) in [5, 5.41) is 0. The van der Waals surface area contributed by atoms with Crippen molar-refractivity contribution in [3.63, 3.8) is 0 Å². The Morgan fingerprint density at radius 1 is 1.23 bits per heavy atom. The van der Waals surface area contributed by atoms with Gasteiger partial charge in [-0.15, -0.1) is 0 Å². The predicted octanol–water partition coefficient (Wildman–Crippen LogP) is 4.55. The molecule has 0 N–H and O–H groups in total. The highest BCUT2D eigenvalue weighted by atomic mass is 32.2. The molecule has 1 amide bonds. The average Bonchev–Trinajstić information content (AvgIpc) is 3.10. The molecule has 1 aliphatic rings. The Balaban J connectivity index is 1.80. The van der Waals surface area contributed by atoms with Gasteiger partial charge in [0.2, 0.25) is 0 Å². The van der Waals surface area contributed by atoms with Crippen LogP contribution in [0.4, 0.5) is 5.69 Å². The van der Waals surface area contributed by atoms with Crippen LogP contribution >= 0.6 is 24.0 Å². The molecule has 0 atom stereocenters. The lowest BCUT2D eigenvalue weighted by Crippen LogP contribution is -2.27. The van der Waals surface area contributed by atoms with Crippen LogP contribution in [0.15, 0.2) is 64.1 Å². The number of rotatable bonds is 3. The molecule has 1 aromatic heterocycles. The lowest BCUT2D eigenvalue weighted by molar-refractivity contribution is -0.113. The molecule has 22 heavy (non-hydrogen) atoms. The van der Waals surface area contributed by atoms with Gasteiger partial charge >= 0.3 is 0 Å². The summed E-state index contributed by atoms with van der Waals surface area (Å²) in [4.78, 5) is 14.7.